The molecule has 0 amide bonds. The minimum absolute atomic E-state index is 0.402. The zero-order valence-corrected chi connectivity index (χ0v) is 77.9. The van der Waals surface area contributed by atoms with Gasteiger partial charge in [0.2, 0.25) is 28.2 Å². The Kier molecular flexibility index (Phi) is 26.9. The van der Waals surface area contributed by atoms with E-state index in [1.165, 1.54) is 51.4 Å². The fourth-order valence-corrected chi connectivity index (χ4v) is 18.3. The van der Waals surface area contributed by atoms with Crippen LogP contribution in [0.3, 0.4) is 0 Å². The highest BCUT2D eigenvalue weighted by Crippen LogP contribution is 2.43. The summed E-state index contributed by atoms with van der Waals surface area (Å²) in [5, 5.41) is 51.8. The number of aliphatic hydroxyl groups is 1. The third kappa shape index (κ3) is 20.5. The van der Waals surface area contributed by atoms with E-state index in [-0.39, 0.29) is 0 Å². The standard InChI is InChI=1S/C19H21Cl2N5.C19H22ClN5.C18H19Cl2N5O.C18H19Cl2N5.C18H20ClN5/c1-3-19(2)4-6-26(7-5-19)15-11-22-17-16(24-25-18(17)23-15)12-8-13(20)10-14(21)9-12;1-3-19(2)7-9-25(10-8-19)15-12-21-17-16(23-24-18(17)22-15)13-5-4-6-14(20)11-13;1-2-18(26)6-8-25(9-7-18)13-10-21-16-15(23-24-17(16)22-13)11-4-3-5-12(19)14(11)20;1-18(2)3-5-25(6-4-18)14-10-21-16-15(23-24-17(16)22-14)11-7-12(19)9-13(20)8-11;1-18(2)6-8-24(9-7-18)14-11-20-16-15(22-23-17(16)21-14)12-4-3-5-13(19)10-12/h8-11H,3-7H2,1-2H3,(H,23,24,25);4-6,11-12H,3,7-10H2,1-2H3,(H,22,23,24);3-5,10,26H,2,6-9H2,1H3,(H,22,23,24);7-10H,3-6H2,1-2H3,(H,22,23,24);3-5,10-11H,6-9H2,1-2H3,(H,21,22,23). The molecule has 0 bridgehead atoms. The summed E-state index contributed by atoms with van der Waals surface area (Å²) in [7, 11) is 0. The molecular weight excluding hydrogens is 1750 g/mol. The fraction of sp³-hybridized carbons (Fsp3) is 0.402. The van der Waals surface area contributed by atoms with Gasteiger partial charge < -0.3 is 29.6 Å². The van der Waals surface area contributed by atoms with Crippen molar-refractivity contribution in [3.05, 3.63) is 174 Å². The molecule has 0 spiro atoms. The Labute approximate surface area is 771 Å². The second-order valence-electron chi connectivity index (χ2n) is 35.6. The topological polar surface area (TPSA) is 309 Å². The van der Waals surface area contributed by atoms with Gasteiger partial charge in [0.1, 0.15) is 56.7 Å². The van der Waals surface area contributed by atoms with E-state index < -0.39 is 5.60 Å². The first kappa shape index (κ1) is 89.5. The first-order valence-corrected chi connectivity index (χ1v) is 45.9. The Balaban J connectivity index is 0.000000116. The fourth-order valence-electron chi connectivity index (χ4n) is 16.5. The second-order valence-corrected chi connectivity index (χ2v) is 39.0. The van der Waals surface area contributed by atoms with Crippen LogP contribution >= 0.6 is 92.8 Å². The summed E-state index contributed by atoms with van der Waals surface area (Å²) < 4.78 is 0. The van der Waals surface area contributed by atoms with Crippen LogP contribution in [0, 0.1) is 21.7 Å². The van der Waals surface area contributed by atoms with Crippen molar-refractivity contribution < 1.29 is 5.11 Å². The van der Waals surface area contributed by atoms with Crippen molar-refractivity contribution in [3.8, 4) is 56.3 Å². The largest absolute Gasteiger partial charge is 0.390 e. The first-order valence-electron chi connectivity index (χ1n) is 42.9. The van der Waals surface area contributed by atoms with Gasteiger partial charge in [-0.25, -0.2) is 49.8 Å². The number of hydrogen-bond acceptors (Lipinski definition) is 21. The minimum Gasteiger partial charge on any atom is -0.390 e. The van der Waals surface area contributed by atoms with Crippen LogP contribution in [0.25, 0.3) is 112 Å². The third-order valence-corrected chi connectivity index (χ3v) is 28.0. The smallest absolute Gasteiger partial charge is 0.202 e. The van der Waals surface area contributed by atoms with Crippen LogP contribution in [-0.4, -0.2) is 177 Å². The number of piperidine rings is 5. The van der Waals surface area contributed by atoms with Gasteiger partial charge in [0.05, 0.1) is 75.1 Å². The summed E-state index contributed by atoms with van der Waals surface area (Å²) in [6, 6.07) is 31.5. The van der Waals surface area contributed by atoms with Crippen LogP contribution in [0.5, 0.6) is 0 Å². The normalized spacial score (nSPS) is 17.1. The third-order valence-electron chi connectivity index (χ3n) is 25.9. The highest BCUT2D eigenvalue weighted by molar-refractivity contribution is 6.44. The summed E-state index contributed by atoms with van der Waals surface area (Å²) in [6.45, 7) is 30.2. The maximum Gasteiger partial charge on any atom is 0.202 e. The minimum atomic E-state index is -0.559. The summed E-state index contributed by atoms with van der Waals surface area (Å²) in [4.78, 5) is 57.9. The van der Waals surface area contributed by atoms with E-state index in [2.05, 4.69) is 161 Å². The maximum absolute atomic E-state index is 10.4. The van der Waals surface area contributed by atoms with Gasteiger partial charge in [-0.05, 0) is 159 Å². The molecule has 5 saturated heterocycles. The zero-order chi connectivity index (χ0) is 88.4. The van der Waals surface area contributed by atoms with E-state index in [0.29, 0.717) is 101 Å². The van der Waals surface area contributed by atoms with Gasteiger partial charge in [-0.2, -0.15) is 25.5 Å². The Hall–Kier alpha value is -9.87. The molecule has 34 heteroatoms. The van der Waals surface area contributed by atoms with E-state index in [1.807, 2.05) is 117 Å². The number of aromatic amines is 5. The molecule has 20 rings (SSSR count). The van der Waals surface area contributed by atoms with Crippen molar-refractivity contribution in [3.63, 3.8) is 0 Å². The highest BCUT2D eigenvalue weighted by atomic mass is 35.5. The van der Waals surface area contributed by atoms with Crippen molar-refractivity contribution in [1.29, 1.82) is 0 Å². The molecule has 5 aliphatic rings. The molecule has 0 aliphatic carbocycles. The number of aromatic nitrogens is 20. The van der Waals surface area contributed by atoms with E-state index in [4.69, 9.17) is 113 Å². The Bertz CT molecular complexity index is 6320. The average molecular weight is 1860 g/mol. The Morgan fingerprint density at radius 2 is 0.579 bits per heavy atom. The van der Waals surface area contributed by atoms with Crippen LogP contribution in [-0.2, 0) is 0 Å². The summed E-state index contributed by atoms with van der Waals surface area (Å²) >= 11 is 49.1. The lowest BCUT2D eigenvalue weighted by Crippen LogP contribution is -2.44. The quantitative estimate of drug-likeness (QED) is 0.0625. The molecule has 6 N–H and O–H groups in total. The SMILES string of the molecule is CC1(C)CCN(c2cnc3c(-c4cc(Cl)cc(Cl)c4)[nH]nc3n2)CC1.CC1(C)CCN(c2cnc3c(-c4cccc(Cl)c4)[nH]nc3n2)CC1.CCC1(C)CCN(c2cnc3c(-c4cc(Cl)cc(Cl)c4)[nH]nc3n2)CC1.CCC1(C)CCN(c2cnc3c(-c4cccc(Cl)c4)[nH]nc3n2)CC1.CCC1(O)CCN(c2cnc3c(-c4cccc(Cl)c4Cl)[nH]nc3n2)CC1. The summed E-state index contributed by atoms with van der Waals surface area (Å²) in [6.07, 6.45) is 23.2. The number of halogens is 8. The number of rotatable bonds is 13. The highest BCUT2D eigenvalue weighted by Gasteiger charge is 2.35. The number of H-pyrrole nitrogens is 5. The number of fused-ring (bicyclic) bond motifs is 5. The van der Waals surface area contributed by atoms with Gasteiger partial charge in [-0.15, -0.1) is 0 Å². The lowest BCUT2D eigenvalue weighted by molar-refractivity contribution is 0.0124. The van der Waals surface area contributed by atoms with Crippen molar-refractivity contribution in [1.82, 2.24) is 101 Å². The monoisotopic (exact) mass is 1850 g/mol. The number of benzene rings is 5. The lowest BCUT2D eigenvalue weighted by Gasteiger charge is -2.39. The van der Waals surface area contributed by atoms with Crippen molar-refractivity contribution in [2.45, 2.75) is 151 Å². The number of nitrogens with zero attached hydrogens (tertiary/aromatic N) is 20. The molecule has 15 heterocycles. The number of anilines is 5. The van der Waals surface area contributed by atoms with E-state index in [1.54, 1.807) is 24.4 Å². The first-order chi connectivity index (χ1) is 60.5. The molecule has 126 heavy (non-hydrogen) atoms. The molecule has 5 fully saturated rings. The van der Waals surface area contributed by atoms with E-state index in [9.17, 15) is 5.11 Å². The second kappa shape index (κ2) is 37.8. The summed E-state index contributed by atoms with van der Waals surface area (Å²) in [5.74, 6) is 4.35. The van der Waals surface area contributed by atoms with Gasteiger partial charge in [0, 0.05) is 123 Å². The van der Waals surface area contributed by atoms with Gasteiger partial charge in [-0.1, -0.05) is 204 Å². The predicted molar refractivity (Wildman–Crippen MR) is 513 cm³/mol. The molecule has 656 valence electrons. The van der Waals surface area contributed by atoms with Gasteiger partial charge in [0.15, 0.2) is 0 Å². The van der Waals surface area contributed by atoms with Crippen LogP contribution in [0.2, 0.25) is 40.2 Å². The predicted octanol–water partition coefficient (Wildman–Crippen LogP) is 23.4. The lowest BCUT2D eigenvalue weighted by atomic mass is 9.78. The van der Waals surface area contributed by atoms with Gasteiger partial charge in [-0.3, -0.25) is 25.5 Å². The molecule has 5 aliphatic heterocycles. The molecule has 26 nitrogen and oxygen atoms in total. The van der Waals surface area contributed by atoms with Gasteiger partial charge >= 0.3 is 0 Å². The molecule has 15 aromatic rings. The number of hydrogen-bond donors (Lipinski definition) is 6. The van der Waals surface area contributed by atoms with Crippen LogP contribution < -0.4 is 24.5 Å². The Morgan fingerprint density at radius 3 is 0.881 bits per heavy atom. The molecular formula is C92H101Cl8N25O. The molecule has 0 atom stereocenters. The van der Waals surface area contributed by atoms with Crippen LogP contribution in [0.4, 0.5) is 29.1 Å². The Morgan fingerprint density at radius 1 is 0.310 bits per heavy atom. The van der Waals surface area contributed by atoms with Crippen molar-refractivity contribution >= 4 is 178 Å². The molecule has 10 aromatic heterocycles. The van der Waals surface area contributed by atoms with Gasteiger partial charge in [0.25, 0.3) is 0 Å². The maximum atomic E-state index is 10.4. The van der Waals surface area contributed by atoms with Crippen LogP contribution in [0.15, 0.2) is 134 Å². The zero-order valence-electron chi connectivity index (χ0n) is 71.9. The summed E-state index contributed by atoms with van der Waals surface area (Å²) in [5.41, 5.74) is 16.2. The van der Waals surface area contributed by atoms with E-state index >= 15 is 0 Å². The molecule has 5 aromatic carbocycles. The van der Waals surface area contributed by atoms with Crippen molar-refractivity contribution in [2.75, 3.05) is 89.9 Å². The molecule has 0 unspecified atom stereocenters. The van der Waals surface area contributed by atoms with Crippen molar-refractivity contribution in [2.24, 2.45) is 21.7 Å². The average Bonchev–Trinajstić information content (AvgIpc) is 1.64. The van der Waals surface area contributed by atoms with E-state index in [0.717, 1.165) is 199 Å². The molecule has 0 saturated carbocycles. The molecule has 0 radical (unpaired) electrons. The number of nitrogens with one attached hydrogen (secondary N) is 5. The van der Waals surface area contributed by atoms with Crippen LogP contribution in [0.1, 0.15) is 146 Å².